The quantitative estimate of drug-likeness (QED) is 0.517. The van der Waals surface area contributed by atoms with Gasteiger partial charge in [0.1, 0.15) is 5.52 Å². The minimum absolute atomic E-state index is 0.0667. The smallest absolute Gasteiger partial charge is 0.337 e. The molecule has 0 aliphatic heterocycles. The predicted molar refractivity (Wildman–Crippen MR) is 101 cm³/mol. The van der Waals surface area contributed by atoms with Gasteiger partial charge >= 0.3 is 5.97 Å². The molecule has 7 heteroatoms. The van der Waals surface area contributed by atoms with E-state index in [1.54, 1.807) is 24.4 Å². The number of nitrogens with one attached hydrogen (secondary N) is 2. The number of aromatic amines is 1. The number of H-pyrrole nitrogens is 1. The molecule has 0 unspecified atom stereocenters. The largest absolute Gasteiger partial charge is 0.478 e. The molecule has 2 aromatic carbocycles. The average Bonchev–Trinajstić information content (AvgIpc) is 3.11. The second-order valence-corrected chi connectivity index (χ2v) is 5.87. The SMILES string of the molecule is O=C(Nc1nc2c(C(=O)O)cccc2[nH]1)c1cncc(-c2ccccc2)c1. The van der Waals surface area contributed by atoms with E-state index >= 15 is 0 Å². The van der Waals surface area contributed by atoms with Crippen LogP contribution in [0.3, 0.4) is 0 Å². The first-order valence-corrected chi connectivity index (χ1v) is 8.15. The fourth-order valence-corrected chi connectivity index (χ4v) is 2.80. The molecule has 0 spiro atoms. The van der Waals surface area contributed by atoms with E-state index in [1.165, 1.54) is 12.3 Å². The molecule has 4 rings (SSSR count). The highest BCUT2D eigenvalue weighted by Crippen LogP contribution is 2.21. The zero-order valence-corrected chi connectivity index (χ0v) is 14.0. The number of hydrogen-bond acceptors (Lipinski definition) is 4. The van der Waals surface area contributed by atoms with Gasteiger partial charge in [-0.15, -0.1) is 0 Å². The maximum Gasteiger partial charge on any atom is 0.337 e. The van der Waals surface area contributed by atoms with Gasteiger partial charge in [0.2, 0.25) is 5.95 Å². The molecule has 0 aliphatic carbocycles. The second kappa shape index (κ2) is 6.72. The maximum absolute atomic E-state index is 12.6. The molecule has 0 saturated carbocycles. The first kappa shape index (κ1) is 16.5. The van der Waals surface area contributed by atoms with Gasteiger partial charge in [-0.25, -0.2) is 9.78 Å². The van der Waals surface area contributed by atoms with E-state index in [0.717, 1.165) is 11.1 Å². The molecule has 3 N–H and O–H groups in total. The Morgan fingerprint density at radius 2 is 1.78 bits per heavy atom. The van der Waals surface area contributed by atoms with E-state index in [0.29, 0.717) is 11.1 Å². The Bertz CT molecular complexity index is 1150. The van der Waals surface area contributed by atoms with Crippen LogP contribution in [0.2, 0.25) is 0 Å². The molecule has 27 heavy (non-hydrogen) atoms. The number of carbonyl (C=O) groups excluding carboxylic acids is 1. The summed E-state index contributed by atoms with van der Waals surface area (Å²) in [5.74, 6) is -1.30. The third-order valence-electron chi connectivity index (χ3n) is 4.08. The lowest BCUT2D eigenvalue weighted by Gasteiger charge is -2.05. The number of aromatic nitrogens is 3. The van der Waals surface area contributed by atoms with Gasteiger partial charge in [-0.1, -0.05) is 36.4 Å². The first-order valence-electron chi connectivity index (χ1n) is 8.15. The number of nitrogens with zero attached hydrogens (tertiary/aromatic N) is 2. The van der Waals surface area contributed by atoms with Gasteiger partial charge in [0, 0.05) is 18.0 Å². The van der Waals surface area contributed by atoms with Crippen LogP contribution in [0.5, 0.6) is 0 Å². The minimum atomic E-state index is -1.08. The van der Waals surface area contributed by atoms with E-state index in [-0.39, 0.29) is 17.0 Å². The summed E-state index contributed by atoms with van der Waals surface area (Å²) in [5, 5.41) is 11.9. The number of carbonyl (C=O) groups is 2. The molecule has 2 heterocycles. The van der Waals surface area contributed by atoms with E-state index in [2.05, 4.69) is 20.3 Å². The van der Waals surface area contributed by atoms with Crippen molar-refractivity contribution >= 4 is 28.9 Å². The fourth-order valence-electron chi connectivity index (χ4n) is 2.80. The Labute approximate surface area is 153 Å². The zero-order chi connectivity index (χ0) is 18.8. The summed E-state index contributed by atoms with van der Waals surface area (Å²) in [5.41, 5.74) is 3.03. The highest BCUT2D eigenvalue weighted by atomic mass is 16.4. The first-order chi connectivity index (χ1) is 13.1. The van der Waals surface area contributed by atoms with Crippen molar-refractivity contribution in [1.82, 2.24) is 15.0 Å². The second-order valence-electron chi connectivity index (χ2n) is 5.87. The van der Waals surface area contributed by atoms with E-state index in [1.807, 2.05) is 30.3 Å². The molecule has 0 saturated heterocycles. The van der Waals surface area contributed by atoms with Crippen molar-refractivity contribution in [2.75, 3.05) is 5.32 Å². The Kier molecular flexibility index (Phi) is 4.10. The fraction of sp³-hybridized carbons (Fsp3) is 0. The lowest BCUT2D eigenvalue weighted by atomic mass is 10.1. The Morgan fingerprint density at radius 1 is 0.963 bits per heavy atom. The summed E-state index contributed by atoms with van der Waals surface area (Å²) in [6.07, 6.45) is 3.15. The zero-order valence-electron chi connectivity index (χ0n) is 14.0. The number of fused-ring (bicyclic) bond motifs is 1. The van der Waals surface area contributed by atoms with Gasteiger partial charge in [-0.3, -0.25) is 15.1 Å². The molecular formula is C20H14N4O3. The Balaban J connectivity index is 1.62. The molecule has 0 radical (unpaired) electrons. The Hall–Kier alpha value is -4.00. The van der Waals surface area contributed by atoms with Crippen LogP contribution in [0.4, 0.5) is 5.95 Å². The molecule has 7 nitrogen and oxygen atoms in total. The number of aromatic carboxylic acids is 1. The number of rotatable bonds is 4. The summed E-state index contributed by atoms with van der Waals surface area (Å²) in [6, 6.07) is 16.1. The third kappa shape index (κ3) is 3.25. The molecule has 2 aromatic heterocycles. The third-order valence-corrected chi connectivity index (χ3v) is 4.08. The maximum atomic E-state index is 12.6. The summed E-state index contributed by atoms with van der Waals surface area (Å²) < 4.78 is 0. The van der Waals surface area contributed by atoms with Crippen molar-refractivity contribution < 1.29 is 14.7 Å². The van der Waals surface area contributed by atoms with Crippen molar-refractivity contribution in [3.8, 4) is 11.1 Å². The number of carboxylic acid groups (broad SMARTS) is 1. The normalized spacial score (nSPS) is 10.7. The molecule has 0 fully saturated rings. The van der Waals surface area contributed by atoms with Crippen LogP contribution in [0.1, 0.15) is 20.7 Å². The number of hydrogen-bond donors (Lipinski definition) is 3. The van der Waals surface area contributed by atoms with Crippen molar-refractivity contribution in [3.63, 3.8) is 0 Å². The number of para-hydroxylation sites is 1. The van der Waals surface area contributed by atoms with Gasteiger partial charge in [-0.05, 0) is 23.8 Å². The van der Waals surface area contributed by atoms with Crippen LogP contribution in [-0.4, -0.2) is 31.9 Å². The molecule has 0 bridgehead atoms. The van der Waals surface area contributed by atoms with Crippen LogP contribution < -0.4 is 5.32 Å². The Morgan fingerprint density at radius 3 is 2.56 bits per heavy atom. The molecule has 0 aliphatic rings. The van der Waals surface area contributed by atoms with Gasteiger partial charge in [-0.2, -0.15) is 0 Å². The van der Waals surface area contributed by atoms with Crippen molar-refractivity contribution in [2.24, 2.45) is 0 Å². The topological polar surface area (TPSA) is 108 Å². The predicted octanol–water partition coefficient (Wildman–Crippen LogP) is 3.58. The molecule has 132 valence electrons. The average molecular weight is 358 g/mol. The number of imidazole rings is 1. The summed E-state index contributed by atoms with van der Waals surface area (Å²) >= 11 is 0. The van der Waals surface area contributed by atoms with Crippen molar-refractivity contribution in [1.29, 1.82) is 0 Å². The minimum Gasteiger partial charge on any atom is -0.478 e. The van der Waals surface area contributed by atoms with Crippen molar-refractivity contribution in [2.45, 2.75) is 0 Å². The van der Waals surface area contributed by atoms with Gasteiger partial charge in [0.05, 0.1) is 16.6 Å². The number of amides is 1. The molecule has 0 atom stereocenters. The highest BCUT2D eigenvalue weighted by Gasteiger charge is 2.15. The van der Waals surface area contributed by atoms with E-state index in [4.69, 9.17) is 0 Å². The van der Waals surface area contributed by atoms with Gasteiger partial charge in [0.25, 0.3) is 5.91 Å². The highest BCUT2D eigenvalue weighted by molar-refractivity contribution is 6.06. The standard InChI is InChI=1S/C20H14N4O3/c25-18(14-9-13(10-21-11-14)12-5-2-1-3-6-12)24-20-22-16-8-4-7-15(19(26)27)17(16)23-20/h1-11H,(H,26,27)(H2,22,23,24,25). The summed E-state index contributed by atoms with van der Waals surface area (Å²) in [7, 11) is 0. The van der Waals surface area contributed by atoms with Crippen LogP contribution >= 0.6 is 0 Å². The van der Waals surface area contributed by atoms with Crippen LogP contribution in [0.15, 0.2) is 67.0 Å². The molecular weight excluding hydrogens is 344 g/mol. The number of pyridine rings is 1. The number of carboxylic acids is 1. The van der Waals surface area contributed by atoms with E-state index < -0.39 is 11.9 Å². The summed E-state index contributed by atoms with van der Waals surface area (Å²) in [6.45, 7) is 0. The number of benzene rings is 2. The van der Waals surface area contributed by atoms with Crippen LogP contribution in [0.25, 0.3) is 22.2 Å². The van der Waals surface area contributed by atoms with Crippen LogP contribution in [-0.2, 0) is 0 Å². The monoisotopic (exact) mass is 358 g/mol. The van der Waals surface area contributed by atoms with Gasteiger partial charge in [0.15, 0.2) is 0 Å². The molecule has 1 amide bonds. The number of anilines is 1. The van der Waals surface area contributed by atoms with Gasteiger partial charge < -0.3 is 10.1 Å². The van der Waals surface area contributed by atoms with E-state index in [9.17, 15) is 14.7 Å². The summed E-state index contributed by atoms with van der Waals surface area (Å²) in [4.78, 5) is 35.1. The lowest BCUT2D eigenvalue weighted by molar-refractivity contribution is 0.0698. The van der Waals surface area contributed by atoms with Crippen molar-refractivity contribution in [3.05, 3.63) is 78.1 Å². The van der Waals surface area contributed by atoms with Crippen LogP contribution in [0, 0.1) is 0 Å². The lowest BCUT2D eigenvalue weighted by Crippen LogP contribution is -2.13. The molecule has 4 aromatic rings.